The second-order valence-corrected chi connectivity index (χ2v) is 10.3. The predicted molar refractivity (Wildman–Crippen MR) is 125 cm³/mol. The molecule has 3 amide bonds. The SMILES string of the molecule is NC(=O)C1CCCN1Cc1cccc(NC(=O)c2cccc(S(=O)(=O)N3CCNC(=O)C3)c2)c1. The average molecular weight is 486 g/mol. The van der Waals surface area contributed by atoms with Gasteiger partial charge in [0.25, 0.3) is 5.91 Å². The molecular weight excluding hydrogens is 458 g/mol. The van der Waals surface area contributed by atoms with Crippen molar-refractivity contribution >= 4 is 33.4 Å². The monoisotopic (exact) mass is 485 g/mol. The van der Waals surface area contributed by atoms with Gasteiger partial charge in [0.1, 0.15) is 0 Å². The first-order valence-corrected chi connectivity index (χ1v) is 12.5. The first-order valence-electron chi connectivity index (χ1n) is 11.0. The van der Waals surface area contributed by atoms with E-state index in [4.69, 9.17) is 5.73 Å². The van der Waals surface area contributed by atoms with Crippen LogP contribution in [0.15, 0.2) is 53.4 Å². The fourth-order valence-electron chi connectivity index (χ4n) is 4.29. The number of amides is 3. The minimum atomic E-state index is -3.91. The van der Waals surface area contributed by atoms with Crippen LogP contribution in [0.25, 0.3) is 0 Å². The van der Waals surface area contributed by atoms with Crippen LogP contribution in [0, 0.1) is 0 Å². The van der Waals surface area contributed by atoms with E-state index in [2.05, 4.69) is 10.6 Å². The first kappa shape index (κ1) is 23.9. The highest BCUT2D eigenvalue weighted by atomic mass is 32.2. The fraction of sp³-hybridized carbons (Fsp3) is 0.348. The lowest BCUT2D eigenvalue weighted by atomic mass is 10.1. The quantitative estimate of drug-likeness (QED) is 0.522. The zero-order valence-corrected chi connectivity index (χ0v) is 19.4. The number of carbonyl (C=O) groups excluding carboxylic acids is 3. The molecule has 34 heavy (non-hydrogen) atoms. The maximum Gasteiger partial charge on any atom is 0.255 e. The Morgan fingerprint density at radius 2 is 1.91 bits per heavy atom. The Bertz CT molecular complexity index is 1220. The van der Waals surface area contributed by atoms with Crippen molar-refractivity contribution in [3.05, 3.63) is 59.7 Å². The Labute approximate surface area is 198 Å². The first-order chi connectivity index (χ1) is 16.2. The summed E-state index contributed by atoms with van der Waals surface area (Å²) in [5.41, 5.74) is 7.15. The number of likely N-dealkylation sites (tertiary alicyclic amines) is 1. The summed E-state index contributed by atoms with van der Waals surface area (Å²) in [7, 11) is -3.91. The van der Waals surface area contributed by atoms with E-state index in [0.717, 1.165) is 29.3 Å². The van der Waals surface area contributed by atoms with Crippen LogP contribution in [0.2, 0.25) is 0 Å². The maximum absolute atomic E-state index is 12.9. The molecule has 2 aliphatic heterocycles. The zero-order valence-electron chi connectivity index (χ0n) is 18.6. The van der Waals surface area contributed by atoms with Gasteiger partial charge in [-0.05, 0) is 55.3 Å². The molecule has 2 saturated heterocycles. The summed E-state index contributed by atoms with van der Waals surface area (Å²) in [5.74, 6) is -1.15. The number of nitrogens with one attached hydrogen (secondary N) is 2. The molecule has 2 heterocycles. The molecule has 0 saturated carbocycles. The number of primary amides is 1. The predicted octanol–water partition coefficient (Wildman–Crippen LogP) is 0.509. The molecule has 1 unspecified atom stereocenters. The number of benzene rings is 2. The van der Waals surface area contributed by atoms with E-state index in [0.29, 0.717) is 12.2 Å². The standard InChI is InChI=1S/C23H27N5O5S/c24-22(30)20-8-3-10-27(20)14-16-4-1-6-18(12-16)26-23(31)17-5-2-7-19(13-17)34(32,33)28-11-9-25-21(29)15-28/h1-2,4-7,12-13,20H,3,8-11,14-15H2,(H2,24,30)(H,25,29)(H,26,31). The van der Waals surface area contributed by atoms with Crippen LogP contribution in [0.3, 0.4) is 0 Å². The summed E-state index contributed by atoms with van der Waals surface area (Å²) in [6.45, 7) is 1.48. The molecule has 1 atom stereocenters. The summed E-state index contributed by atoms with van der Waals surface area (Å²) >= 11 is 0. The van der Waals surface area contributed by atoms with Gasteiger partial charge in [-0.15, -0.1) is 0 Å². The maximum atomic E-state index is 12.9. The lowest BCUT2D eigenvalue weighted by molar-refractivity contribution is -0.123. The minimum absolute atomic E-state index is 0.0462. The molecule has 180 valence electrons. The van der Waals surface area contributed by atoms with Gasteiger partial charge in [0.05, 0.1) is 17.5 Å². The largest absolute Gasteiger partial charge is 0.368 e. The van der Waals surface area contributed by atoms with E-state index >= 15 is 0 Å². The molecule has 0 aliphatic carbocycles. The molecule has 2 fully saturated rings. The number of hydrogen-bond acceptors (Lipinski definition) is 6. The third-order valence-corrected chi connectivity index (χ3v) is 7.84. The molecule has 4 rings (SSSR count). The molecule has 10 nitrogen and oxygen atoms in total. The number of anilines is 1. The highest BCUT2D eigenvalue weighted by molar-refractivity contribution is 7.89. The van der Waals surface area contributed by atoms with Gasteiger partial charge in [0.2, 0.25) is 21.8 Å². The lowest BCUT2D eigenvalue weighted by Crippen LogP contribution is -2.49. The van der Waals surface area contributed by atoms with Crippen LogP contribution < -0.4 is 16.4 Å². The van der Waals surface area contributed by atoms with E-state index < -0.39 is 15.9 Å². The second kappa shape index (κ2) is 9.92. The van der Waals surface area contributed by atoms with Crippen molar-refractivity contribution in [1.82, 2.24) is 14.5 Å². The third-order valence-electron chi connectivity index (χ3n) is 6.00. The number of sulfonamides is 1. The number of nitrogens with two attached hydrogens (primary N) is 1. The van der Waals surface area contributed by atoms with Crippen LogP contribution in [0.5, 0.6) is 0 Å². The third kappa shape index (κ3) is 5.27. The number of carbonyl (C=O) groups is 3. The van der Waals surface area contributed by atoms with Crippen molar-refractivity contribution in [2.45, 2.75) is 30.3 Å². The molecule has 0 radical (unpaired) electrons. The van der Waals surface area contributed by atoms with E-state index in [1.54, 1.807) is 6.07 Å². The van der Waals surface area contributed by atoms with E-state index in [1.807, 2.05) is 23.1 Å². The highest BCUT2D eigenvalue weighted by Gasteiger charge is 2.30. The fourth-order valence-corrected chi connectivity index (χ4v) is 5.73. The van der Waals surface area contributed by atoms with Crippen LogP contribution >= 0.6 is 0 Å². The van der Waals surface area contributed by atoms with Gasteiger partial charge in [-0.25, -0.2) is 8.42 Å². The zero-order chi connectivity index (χ0) is 24.3. The van der Waals surface area contributed by atoms with E-state index in [-0.39, 0.29) is 47.9 Å². The van der Waals surface area contributed by atoms with Crippen molar-refractivity contribution in [3.8, 4) is 0 Å². The normalized spacial score (nSPS) is 19.5. The summed E-state index contributed by atoms with van der Waals surface area (Å²) in [6.07, 6.45) is 1.65. The molecule has 2 aromatic carbocycles. The molecule has 0 aromatic heterocycles. The lowest BCUT2D eigenvalue weighted by Gasteiger charge is -2.26. The topological polar surface area (TPSA) is 142 Å². The summed E-state index contributed by atoms with van der Waals surface area (Å²) in [4.78, 5) is 38.1. The van der Waals surface area contributed by atoms with E-state index in [1.165, 1.54) is 24.3 Å². The van der Waals surface area contributed by atoms with Crippen molar-refractivity contribution in [3.63, 3.8) is 0 Å². The Hall–Kier alpha value is -3.28. The van der Waals surface area contributed by atoms with Gasteiger partial charge in [0, 0.05) is 30.9 Å². The molecule has 0 spiro atoms. The van der Waals surface area contributed by atoms with Crippen LogP contribution in [0.1, 0.15) is 28.8 Å². The second-order valence-electron chi connectivity index (χ2n) is 8.40. The van der Waals surface area contributed by atoms with Gasteiger partial charge in [-0.2, -0.15) is 4.31 Å². The number of nitrogens with zero attached hydrogens (tertiary/aromatic N) is 2. The van der Waals surface area contributed by atoms with Crippen molar-refractivity contribution in [2.75, 3.05) is 31.5 Å². The summed E-state index contributed by atoms with van der Waals surface area (Å²) < 4.78 is 27.0. The molecule has 0 bridgehead atoms. The van der Waals surface area contributed by atoms with Gasteiger partial charge < -0.3 is 16.4 Å². The summed E-state index contributed by atoms with van der Waals surface area (Å²) in [6, 6.07) is 12.7. The summed E-state index contributed by atoms with van der Waals surface area (Å²) in [5, 5.41) is 5.39. The van der Waals surface area contributed by atoms with Crippen LogP contribution in [-0.4, -0.2) is 67.6 Å². The van der Waals surface area contributed by atoms with Crippen molar-refractivity contribution in [2.24, 2.45) is 5.73 Å². The molecule has 2 aromatic rings. The molecule has 2 aliphatic rings. The Morgan fingerprint density at radius 3 is 2.68 bits per heavy atom. The minimum Gasteiger partial charge on any atom is -0.368 e. The van der Waals surface area contributed by atoms with E-state index in [9.17, 15) is 22.8 Å². The van der Waals surface area contributed by atoms with Crippen molar-refractivity contribution in [1.29, 1.82) is 0 Å². The number of piperazine rings is 1. The number of rotatable bonds is 7. The van der Waals surface area contributed by atoms with Crippen LogP contribution in [-0.2, 0) is 26.2 Å². The van der Waals surface area contributed by atoms with Crippen LogP contribution in [0.4, 0.5) is 5.69 Å². The van der Waals surface area contributed by atoms with Crippen molar-refractivity contribution < 1.29 is 22.8 Å². The van der Waals surface area contributed by atoms with Gasteiger partial charge in [-0.3, -0.25) is 19.3 Å². The molecule has 4 N–H and O–H groups in total. The molecular formula is C23H27N5O5S. The van der Waals surface area contributed by atoms with Gasteiger partial charge in [0.15, 0.2) is 0 Å². The Morgan fingerprint density at radius 1 is 1.12 bits per heavy atom. The Kier molecular flexibility index (Phi) is 6.96. The highest BCUT2D eigenvalue weighted by Crippen LogP contribution is 2.22. The molecule has 11 heteroatoms. The van der Waals surface area contributed by atoms with Gasteiger partial charge >= 0.3 is 0 Å². The Balaban J connectivity index is 1.47. The average Bonchev–Trinajstić information content (AvgIpc) is 3.28. The smallest absolute Gasteiger partial charge is 0.255 e. The number of hydrogen-bond donors (Lipinski definition) is 3. The van der Waals surface area contributed by atoms with Gasteiger partial charge in [-0.1, -0.05) is 18.2 Å².